The molecule has 4 amide bonds. The van der Waals surface area contributed by atoms with Gasteiger partial charge in [-0.15, -0.1) is 0 Å². The summed E-state index contributed by atoms with van der Waals surface area (Å²) in [7, 11) is 0. The second kappa shape index (κ2) is 18.0. The Hall–Kier alpha value is -5.44. The predicted molar refractivity (Wildman–Crippen MR) is 207 cm³/mol. The van der Waals surface area contributed by atoms with Crippen LogP contribution in [-0.4, -0.2) is 93.3 Å². The van der Waals surface area contributed by atoms with Crippen LogP contribution in [0.1, 0.15) is 91.7 Å². The highest BCUT2D eigenvalue weighted by molar-refractivity contribution is 6.01. The number of carbonyl (C=O) groups excluding carboxylic acids is 4. The Bertz CT molecular complexity index is 2030. The van der Waals surface area contributed by atoms with Gasteiger partial charge in [0.2, 0.25) is 17.7 Å². The summed E-state index contributed by atoms with van der Waals surface area (Å²) in [6, 6.07) is 12.5. The van der Waals surface area contributed by atoms with Gasteiger partial charge in [-0.05, 0) is 74.1 Å². The topological polar surface area (TPSA) is 144 Å². The molecule has 0 radical (unpaired) electrons. The molecule has 1 unspecified atom stereocenters. The Morgan fingerprint density at radius 1 is 0.893 bits per heavy atom. The molecule has 3 aliphatic rings. The molecule has 56 heavy (non-hydrogen) atoms. The van der Waals surface area contributed by atoms with E-state index in [0.29, 0.717) is 74.5 Å². The van der Waals surface area contributed by atoms with E-state index < -0.39 is 17.7 Å². The average Bonchev–Trinajstić information content (AvgIpc) is 3.86. The highest BCUT2D eigenvalue weighted by atomic mass is 19.1. The molecule has 3 fully saturated rings. The van der Waals surface area contributed by atoms with E-state index in [2.05, 4.69) is 25.9 Å². The van der Waals surface area contributed by atoms with Crippen LogP contribution in [-0.2, 0) is 20.9 Å². The molecule has 15 heteroatoms. The lowest BCUT2D eigenvalue weighted by molar-refractivity contribution is -0.134. The van der Waals surface area contributed by atoms with Gasteiger partial charge in [-0.1, -0.05) is 31.4 Å². The van der Waals surface area contributed by atoms with Crippen molar-refractivity contribution < 1.29 is 28.0 Å². The molecule has 0 spiro atoms. The van der Waals surface area contributed by atoms with Crippen LogP contribution < -0.4 is 20.9 Å². The Labute approximate surface area is 324 Å². The number of aromatic nitrogens is 3. The third-order valence-corrected chi connectivity index (χ3v) is 11.0. The summed E-state index contributed by atoms with van der Waals surface area (Å²) in [5, 5.41) is 12.8. The third kappa shape index (κ3) is 9.49. The van der Waals surface area contributed by atoms with Crippen LogP contribution in [0.3, 0.4) is 0 Å². The summed E-state index contributed by atoms with van der Waals surface area (Å²) < 4.78 is 30.1. The minimum Gasteiger partial charge on any atom is -0.374 e. The highest BCUT2D eigenvalue weighted by Crippen LogP contribution is 2.37. The summed E-state index contributed by atoms with van der Waals surface area (Å²) in [5.41, 5.74) is 3.07. The average molecular weight is 770 g/mol. The van der Waals surface area contributed by atoms with Crippen LogP contribution in [0.15, 0.2) is 60.9 Å². The molecule has 5 heterocycles. The van der Waals surface area contributed by atoms with Crippen molar-refractivity contribution in [3.63, 3.8) is 0 Å². The Kier molecular flexibility index (Phi) is 12.5. The van der Waals surface area contributed by atoms with E-state index in [4.69, 9.17) is 4.98 Å². The van der Waals surface area contributed by atoms with Crippen LogP contribution >= 0.6 is 0 Å². The number of piperazine rings is 1. The normalized spacial score (nSPS) is 19.0. The second-order valence-corrected chi connectivity index (χ2v) is 14.9. The number of carbonyl (C=O) groups is 4. The first-order valence-corrected chi connectivity index (χ1v) is 19.8. The summed E-state index contributed by atoms with van der Waals surface area (Å²) in [6.45, 7) is 5.00. The standard InChI is InChI=1S/C41H49F2N9O4/c42-29-11-14-33(43)31(25-29)35-7-6-19-51(35)36-17-20-52-39(47-36)32(26-45-52)40(55)44-18-5-3-1-2-4-8-38(54)50-23-21-49(22-24-50)27-28-9-12-30(13-10-28)46-34-15-16-37(53)48-41(34)56/h9-14,17,20,25-26,34-35,46H,1-8,15-16,18-19,21-24,27H2,(H,44,55)(H,48,53,56)/t34?,35-/m1/s1. The van der Waals surface area contributed by atoms with Crippen LogP contribution in [0, 0.1) is 11.6 Å². The molecular formula is C41H49F2N9O4. The third-order valence-electron chi connectivity index (χ3n) is 11.0. The van der Waals surface area contributed by atoms with Crippen molar-refractivity contribution in [2.45, 2.75) is 82.8 Å². The molecule has 296 valence electrons. The Morgan fingerprint density at radius 2 is 1.68 bits per heavy atom. The monoisotopic (exact) mass is 769 g/mol. The van der Waals surface area contributed by atoms with E-state index in [1.165, 1.54) is 12.3 Å². The molecule has 13 nitrogen and oxygen atoms in total. The zero-order valence-corrected chi connectivity index (χ0v) is 31.5. The summed E-state index contributed by atoms with van der Waals surface area (Å²) >= 11 is 0. The number of amides is 4. The second-order valence-electron chi connectivity index (χ2n) is 14.9. The van der Waals surface area contributed by atoms with Crippen LogP contribution in [0.2, 0.25) is 0 Å². The molecule has 2 aromatic carbocycles. The number of piperidine rings is 1. The minimum absolute atomic E-state index is 0.201. The van der Waals surface area contributed by atoms with Gasteiger partial charge in [0.05, 0.1) is 12.2 Å². The minimum atomic E-state index is -0.482. The Morgan fingerprint density at radius 3 is 2.48 bits per heavy atom. The van der Waals surface area contributed by atoms with Crippen molar-refractivity contribution in [1.82, 2.24) is 35.0 Å². The molecule has 0 aliphatic carbocycles. The quantitative estimate of drug-likeness (QED) is 0.113. The van der Waals surface area contributed by atoms with E-state index >= 15 is 0 Å². The number of halogens is 2. The van der Waals surface area contributed by atoms with Gasteiger partial charge in [-0.25, -0.2) is 18.3 Å². The fourth-order valence-corrected chi connectivity index (χ4v) is 7.85. The van der Waals surface area contributed by atoms with Gasteiger partial charge in [0.15, 0.2) is 5.65 Å². The van der Waals surface area contributed by atoms with Gasteiger partial charge in [0, 0.05) is 76.1 Å². The number of nitrogens with zero attached hydrogens (tertiary/aromatic N) is 6. The Balaban J connectivity index is 0.769. The van der Waals surface area contributed by atoms with Crippen LogP contribution in [0.25, 0.3) is 5.65 Å². The van der Waals surface area contributed by atoms with E-state index in [0.717, 1.165) is 81.5 Å². The number of benzene rings is 2. The molecule has 7 rings (SSSR count). The first kappa shape index (κ1) is 38.8. The van der Waals surface area contributed by atoms with Crippen LogP contribution in [0.5, 0.6) is 0 Å². The lowest BCUT2D eigenvalue weighted by Gasteiger charge is -2.35. The first-order chi connectivity index (χ1) is 27.2. The number of imide groups is 1. The van der Waals surface area contributed by atoms with Gasteiger partial charge in [0.25, 0.3) is 5.91 Å². The molecule has 4 aromatic rings. The van der Waals surface area contributed by atoms with Gasteiger partial charge in [0.1, 0.15) is 29.1 Å². The number of rotatable bonds is 15. The fraction of sp³-hybridized carbons (Fsp3) is 0.463. The summed E-state index contributed by atoms with van der Waals surface area (Å²) in [5.74, 6) is -0.922. The zero-order chi connectivity index (χ0) is 39.0. The number of fused-ring (bicyclic) bond motifs is 1. The largest absolute Gasteiger partial charge is 0.374 e. The predicted octanol–water partition coefficient (Wildman–Crippen LogP) is 4.98. The number of hydrogen-bond acceptors (Lipinski definition) is 9. The van der Waals surface area contributed by atoms with Crippen molar-refractivity contribution in [3.8, 4) is 0 Å². The van der Waals surface area contributed by atoms with Crippen molar-refractivity contribution in [2.24, 2.45) is 0 Å². The van der Waals surface area contributed by atoms with E-state index in [1.807, 2.05) is 34.1 Å². The van der Waals surface area contributed by atoms with E-state index in [9.17, 15) is 28.0 Å². The van der Waals surface area contributed by atoms with Gasteiger partial charge in [-0.2, -0.15) is 5.10 Å². The molecule has 3 saturated heterocycles. The molecule has 3 aliphatic heterocycles. The zero-order valence-electron chi connectivity index (χ0n) is 31.5. The molecule has 3 N–H and O–H groups in total. The van der Waals surface area contributed by atoms with Crippen molar-refractivity contribution in [1.29, 1.82) is 0 Å². The maximum atomic E-state index is 14.6. The maximum Gasteiger partial charge on any atom is 0.256 e. The lowest BCUT2D eigenvalue weighted by atomic mass is 10.0. The molecule has 0 saturated carbocycles. The molecule has 2 atom stereocenters. The van der Waals surface area contributed by atoms with Crippen LogP contribution in [0.4, 0.5) is 20.3 Å². The number of hydrogen-bond donors (Lipinski definition) is 3. The number of unbranched alkanes of at least 4 members (excludes halogenated alkanes) is 4. The smallest absolute Gasteiger partial charge is 0.256 e. The SMILES string of the molecule is O=C1CCC(Nc2ccc(CN3CCN(C(=O)CCCCCCCNC(=O)c4cnn5ccc(N6CCC[C@@H]6c6cc(F)ccc6F)nc45)CC3)cc2)C(=O)N1. The number of anilines is 2. The fourth-order valence-electron chi connectivity index (χ4n) is 7.85. The summed E-state index contributed by atoms with van der Waals surface area (Å²) in [4.78, 5) is 60.4. The molecule has 0 bridgehead atoms. The summed E-state index contributed by atoms with van der Waals surface area (Å²) in [6.07, 6.45) is 10.6. The number of nitrogens with one attached hydrogen (secondary N) is 3. The first-order valence-electron chi connectivity index (χ1n) is 19.8. The van der Waals surface area contributed by atoms with Gasteiger partial charge >= 0.3 is 0 Å². The lowest BCUT2D eigenvalue weighted by Crippen LogP contribution is -2.48. The maximum absolute atomic E-state index is 14.6. The highest BCUT2D eigenvalue weighted by Gasteiger charge is 2.31. The van der Waals surface area contributed by atoms with Gasteiger partial charge < -0.3 is 20.4 Å². The van der Waals surface area contributed by atoms with Crippen molar-refractivity contribution in [2.75, 3.05) is 49.5 Å². The van der Waals surface area contributed by atoms with Crippen molar-refractivity contribution in [3.05, 3.63) is 89.2 Å². The molecular weight excluding hydrogens is 721 g/mol. The molecule has 2 aromatic heterocycles. The van der Waals surface area contributed by atoms with Gasteiger partial charge in [-0.3, -0.25) is 29.4 Å². The van der Waals surface area contributed by atoms with Crippen molar-refractivity contribution >= 4 is 40.8 Å². The van der Waals surface area contributed by atoms with E-state index in [-0.39, 0.29) is 29.7 Å². The van der Waals surface area contributed by atoms with E-state index in [1.54, 1.807) is 16.8 Å².